The minimum absolute atomic E-state index is 0.00312. The first-order valence-electron chi connectivity index (χ1n) is 14.6. The molecule has 43 heavy (non-hydrogen) atoms. The van der Waals surface area contributed by atoms with E-state index in [1.165, 1.54) is 0 Å². The average Bonchev–Trinajstić information content (AvgIpc) is 2.89. The van der Waals surface area contributed by atoms with Crippen LogP contribution in [0.15, 0.2) is 72.8 Å². The van der Waals surface area contributed by atoms with E-state index in [2.05, 4.69) is 58.3 Å². The number of rotatable bonds is 14. The zero-order chi connectivity index (χ0) is 31.8. The summed E-state index contributed by atoms with van der Waals surface area (Å²) in [5.41, 5.74) is 9.46. The molecule has 8 nitrogen and oxygen atoms in total. The van der Waals surface area contributed by atoms with Crippen LogP contribution in [-0.2, 0) is 28.7 Å². The van der Waals surface area contributed by atoms with Crippen LogP contribution in [0.3, 0.4) is 0 Å². The maximum atomic E-state index is 11.9. The van der Waals surface area contributed by atoms with Gasteiger partial charge in [0.15, 0.2) is 8.32 Å². The van der Waals surface area contributed by atoms with Gasteiger partial charge in [-0.2, -0.15) is 0 Å². The van der Waals surface area contributed by atoms with Gasteiger partial charge in [-0.1, -0.05) is 81.4 Å². The number of anilines is 1. The first-order chi connectivity index (χ1) is 20.0. The van der Waals surface area contributed by atoms with Gasteiger partial charge in [-0.3, -0.25) is 4.79 Å². The molecule has 3 aromatic carbocycles. The molecule has 0 unspecified atom stereocenters. The van der Waals surface area contributed by atoms with E-state index < -0.39 is 20.3 Å². The van der Waals surface area contributed by atoms with Crippen molar-refractivity contribution in [2.75, 3.05) is 11.9 Å². The number of benzene rings is 3. The molecule has 0 spiro atoms. The van der Waals surface area contributed by atoms with Crippen molar-refractivity contribution in [1.29, 1.82) is 0 Å². The van der Waals surface area contributed by atoms with E-state index in [4.69, 9.17) is 14.9 Å². The summed E-state index contributed by atoms with van der Waals surface area (Å²) >= 11 is 0. The number of ether oxygens (including phenoxy) is 1. The van der Waals surface area contributed by atoms with Gasteiger partial charge >= 0.3 is 12.0 Å². The Morgan fingerprint density at radius 2 is 1.56 bits per heavy atom. The number of primary amides is 1. The number of aliphatic carboxylic acids is 1. The highest BCUT2D eigenvalue weighted by Crippen LogP contribution is 2.40. The number of nitrogens with two attached hydrogens (primary N) is 1. The molecule has 9 heteroatoms. The summed E-state index contributed by atoms with van der Waals surface area (Å²) in [4.78, 5) is 23.1. The number of carbonyl (C=O) groups is 2. The van der Waals surface area contributed by atoms with Gasteiger partial charge in [0.1, 0.15) is 12.4 Å². The fourth-order valence-corrected chi connectivity index (χ4v) is 5.85. The standard InChI is InChI=1S/C34H47N3O5Si/c1-33(2,3)43(6,7)42-30(22-36-34(4,5)21-26-15-11-14-25(18-26)19-31(38)39)27-16-17-29(28(20-27)37-32(35)40)41-23-24-12-9-8-10-13-24/h8-18,20,30,36H,19,21-23H2,1-7H3,(H,38,39)(H3,35,37,40)/t30-/m0/s1. The first kappa shape index (κ1) is 33.8. The van der Waals surface area contributed by atoms with Crippen molar-refractivity contribution in [1.82, 2.24) is 5.32 Å². The van der Waals surface area contributed by atoms with Crippen LogP contribution < -0.4 is 21.1 Å². The number of urea groups is 1. The van der Waals surface area contributed by atoms with Crippen molar-refractivity contribution in [2.24, 2.45) is 5.73 Å². The molecule has 3 rings (SSSR count). The van der Waals surface area contributed by atoms with Crippen LogP contribution in [0.5, 0.6) is 5.75 Å². The Balaban J connectivity index is 1.87. The number of carboxylic acid groups (broad SMARTS) is 1. The lowest BCUT2D eigenvalue weighted by Gasteiger charge is -2.40. The highest BCUT2D eigenvalue weighted by molar-refractivity contribution is 6.74. The molecule has 0 fully saturated rings. The minimum Gasteiger partial charge on any atom is -0.487 e. The Morgan fingerprint density at radius 1 is 0.907 bits per heavy atom. The van der Waals surface area contributed by atoms with Gasteiger partial charge in [0.2, 0.25) is 0 Å². The Labute approximate surface area is 257 Å². The second kappa shape index (κ2) is 14.2. The minimum atomic E-state index is -2.21. The largest absolute Gasteiger partial charge is 0.487 e. The summed E-state index contributed by atoms with van der Waals surface area (Å²) in [6.07, 6.45) is 0.389. The number of hydrogen-bond acceptors (Lipinski definition) is 5. The van der Waals surface area contributed by atoms with Crippen LogP contribution in [0, 0.1) is 0 Å². The Hall–Kier alpha value is -3.66. The Kier molecular flexibility index (Phi) is 11.2. The van der Waals surface area contributed by atoms with Gasteiger partial charge in [-0.25, -0.2) is 4.79 Å². The molecule has 0 aromatic heterocycles. The topological polar surface area (TPSA) is 123 Å². The van der Waals surface area contributed by atoms with Crippen molar-refractivity contribution in [3.8, 4) is 5.75 Å². The number of nitrogens with one attached hydrogen (secondary N) is 2. The average molecular weight is 606 g/mol. The van der Waals surface area contributed by atoms with Gasteiger partial charge in [-0.15, -0.1) is 0 Å². The zero-order valence-electron chi connectivity index (χ0n) is 26.5. The number of carboxylic acids is 1. The summed E-state index contributed by atoms with van der Waals surface area (Å²) in [6, 6.07) is 22.6. The van der Waals surface area contributed by atoms with Crippen LogP contribution in [-0.4, -0.2) is 37.5 Å². The zero-order valence-corrected chi connectivity index (χ0v) is 27.5. The van der Waals surface area contributed by atoms with Crippen molar-refractivity contribution >= 4 is 26.0 Å². The molecule has 232 valence electrons. The lowest BCUT2D eigenvalue weighted by Crippen LogP contribution is -2.47. The van der Waals surface area contributed by atoms with Gasteiger partial charge in [0, 0.05) is 12.1 Å². The highest BCUT2D eigenvalue weighted by atomic mass is 28.4. The highest BCUT2D eigenvalue weighted by Gasteiger charge is 2.40. The third-order valence-electron chi connectivity index (χ3n) is 7.87. The van der Waals surface area contributed by atoms with Gasteiger partial charge in [0.25, 0.3) is 0 Å². The maximum absolute atomic E-state index is 11.9. The van der Waals surface area contributed by atoms with Crippen LogP contribution in [0.25, 0.3) is 0 Å². The molecule has 0 aliphatic carbocycles. The molecule has 1 atom stereocenters. The Bertz CT molecular complexity index is 1390. The first-order valence-corrected chi connectivity index (χ1v) is 17.5. The van der Waals surface area contributed by atoms with Crippen molar-refractivity contribution in [2.45, 2.75) is 83.8 Å². The van der Waals surface area contributed by atoms with Gasteiger partial charge in [0.05, 0.1) is 18.2 Å². The maximum Gasteiger partial charge on any atom is 0.316 e. The summed E-state index contributed by atoms with van der Waals surface area (Å²) in [5.74, 6) is -0.325. The fraction of sp³-hybridized carbons (Fsp3) is 0.412. The van der Waals surface area contributed by atoms with E-state index in [0.717, 1.165) is 22.3 Å². The molecule has 5 N–H and O–H groups in total. The van der Waals surface area contributed by atoms with Crippen molar-refractivity contribution in [3.05, 3.63) is 95.1 Å². The summed E-state index contributed by atoms with van der Waals surface area (Å²) in [5, 5.41) is 15.6. The smallest absolute Gasteiger partial charge is 0.316 e. The van der Waals surface area contributed by atoms with E-state index in [1.54, 1.807) is 0 Å². The molecular formula is C34H47N3O5Si. The van der Waals surface area contributed by atoms with Crippen molar-refractivity contribution in [3.63, 3.8) is 0 Å². The molecule has 3 aromatic rings. The second-order valence-electron chi connectivity index (χ2n) is 13.2. The summed E-state index contributed by atoms with van der Waals surface area (Å²) in [6.45, 7) is 16.2. The molecule has 0 saturated carbocycles. The van der Waals surface area contributed by atoms with Gasteiger partial charge in [-0.05, 0) is 72.8 Å². The van der Waals surface area contributed by atoms with E-state index >= 15 is 0 Å². The van der Waals surface area contributed by atoms with E-state index in [1.807, 2.05) is 72.8 Å². The normalized spacial score (nSPS) is 12.9. The van der Waals surface area contributed by atoms with Crippen LogP contribution in [0.4, 0.5) is 10.5 Å². The third kappa shape index (κ3) is 10.5. The fourth-order valence-electron chi connectivity index (χ4n) is 4.57. The predicted octanol–water partition coefficient (Wildman–Crippen LogP) is 7.06. The molecule has 0 aliphatic rings. The van der Waals surface area contributed by atoms with E-state index in [-0.39, 0.29) is 23.1 Å². The lowest BCUT2D eigenvalue weighted by molar-refractivity contribution is -0.136. The molecule has 0 radical (unpaired) electrons. The lowest BCUT2D eigenvalue weighted by atomic mass is 9.93. The second-order valence-corrected chi connectivity index (χ2v) is 18.0. The molecule has 2 amide bonds. The molecular weight excluding hydrogens is 558 g/mol. The molecule has 0 saturated heterocycles. The van der Waals surface area contributed by atoms with Crippen LogP contribution >= 0.6 is 0 Å². The molecule has 0 bridgehead atoms. The third-order valence-corrected chi connectivity index (χ3v) is 12.4. The Morgan fingerprint density at radius 3 is 2.19 bits per heavy atom. The number of hydrogen-bond donors (Lipinski definition) is 4. The summed E-state index contributed by atoms with van der Waals surface area (Å²) in [7, 11) is -2.21. The number of carbonyl (C=O) groups excluding carboxylic acids is 1. The van der Waals surface area contributed by atoms with Gasteiger partial charge < -0.3 is 30.6 Å². The quantitative estimate of drug-likeness (QED) is 0.146. The van der Waals surface area contributed by atoms with Crippen LogP contribution in [0.1, 0.15) is 63.0 Å². The SMILES string of the molecule is CC(C)(Cc1cccc(CC(=O)O)c1)NC[C@H](O[Si](C)(C)C(C)(C)C)c1ccc(OCc2ccccc2)c(NC(N)=O)c1. The number of amides is 2. The van der Waals surface area contributed by atoms with E-state index in [0.29, 0.717) is 31.0 Å². The molecule has 0 aliphatic heterocycles. The summed E-state index contributed by atoms with van der Waals surface area (Å²) < 4.78 is 13.0. The van der Waals surface area contributed by atoms with E-state index in [9.17, 15) is 14.7 Å². The monoisotopic (exact) mass is 605 g/mol. The predicted molar refractivity (Wildman–Crippen MR) is 175 cm³/mol. The van der Waals surface area contributed by atoms with Crippen molar-refractivity contribution < 1.29 is 23.9 Å². The molecule has 0 heterocycles. The van der Waals surface area contributed by atoms with Crippen LogP contribution in [0.2, 0.25) is 18.1 Å².